The molecule has 1 aliphatic carbocycles. The van der Waals surface area contributed by atoms with Crippen molar-refractivity contribution in [3.05, 3.63) is 59.4 Å². The zero-order valence-electron chi connectivity index (χ0n) is 19.3. The minimum atomic E-state index is -4.72. The Labute approximate surface area is 197 Å². The van der Waals surface area contributed by atoms with Crippen LogP contribution in [-0.2, 0) is 25.9 Å². The second-order valence-corrected chi connectivity index (χ2v) is 8.86. The van der Waals surface area contributed by atoms with Gasteiger partial charge in [0.25, 0.3) is 5.91 Å². The van der Waals surface area contributed by atoms with E-state index in [1.54, 1.807) is 18.2 Å². The normalized spacial score (nSPS) is 19.1. The molecule has 34 heavy (non-hydrogen) atoms. The van der Waals surface area contributed by atoms with Crippen LogP contribution in [0.1, 0.15) is 33.7 Å². The van der Waals surface area contributed by atoms with Crippen LogP contribution in [0.25, 0.3) is 0 Å². The molecule has 1 aromatic heterocycles. The highest BCUT2D eigenvalue weighted by Crippen LogP contribution is 2.27. The molecule has 0 bridgehead atoms. The molecule has 2 aromatic rings. The first kappa shape index (κ1) is 24.3. The maximum atomic E-state index is 13.3. The van der Waals surface area contributed by atoms with Crippen LogP contribution in [0.4, 0.5) is 13.2 Å². The molecule has 0 saturated carbocycles. The number of rotatable bonds is 7. The average Bonchev–Trinajstić information content (AvgIpc) is 3.15. The van der Waals surface area contributed by atoms with Gasteiger partial charge in [-0.05, 0) is 44.0 Å². The highest BCUT2D eigenvalue weighted by atomic mass is 19.4. The fourth-order valence-corrected chi connectivity index (χ4v) is 4.58. The fourth-order valence-electron chi connectivity index (χ4n) is 4.58. The molecule has 1 aromatic carbocycles. The molecule has 0 spiro atoms. The van der Waals surface area contributed by atoms with Crippen molar-refractivity contribution in [1.29, 1.82) is 0 Å². The van der Waals surface area contributed by atoms with E-state index < -0.39 is 6.36 Å². The SMILES string of the molecule is C=CCn1nc(C(=O)N2CCN(C)CC2)c2c1CCC(NCc1cccc(OC(F)(F)F)c1)C2. The van der Waals surface area contributed by atoms with Crippen LogP contribution < -0.4 is 10.1 Å². The lowest BCUT2D eigenvalue weighted by atomic mass is 9.90. The van der Waals surface area contributed by atoms with Gasteiger partial charge in [-0.15, -0.1) is 19.8 Å². The van der Waals surface area contributed by atoms with E-state index in [1.807, 2.05) is 16.6 Å². The molecule has 10 heteroatoms. The molecule has 184 valence electrons. The maximum absolute atomic E-state index is 13.3. The standard InChI is InChI=1S/C24H30F3N5O2/c1-3-9-32-21-8-7-18(28-16-17-5-4-6-19(14-17)34-24(25,26)27)15-20(21)22(29-32)23(33)31-12-10-30(2)11-13-31/h3-6,14,18,28H,1,7-13,15-16H2,2H3. The number of fused-ring (bicyclic) bond motifs is 1. The number of aromatic nitrogens is 2. The quantitative estimate of drug-likeness (QED) is 0.622. The number of amides is 1. The molecule has 2 aliphatic rings. The first-order valence-electron chi connectivity index (χ1n) is 11.5. The van der Waals surface area contributed by atoms with Crippen molar-refractivity contribution >= 4 is 5.91 Å². The van der Waals surface area contributed by atoms with E-state index in [2.05, 4.69) is 26.6 Å². The number of hydrogen-bond donors (Lipinski definition) is 1. The topological polar surface area (TPSA) is 62.6 Å². The number of likely N-dealkylation sites (N-methyl/N-ethyl adjacent to an activating group) is 1. The lowest BCUT2D eigenvalue weighted by Gasteiger charge is -2.32. The molecule has 0 radical (unpaired) electrons. The summed E-state index contributed by atoms with van der Waals surface area (Å²) in [4.78, 5) is 17.4. The molecule has 1 aliphatic heterocycles. The first-order chi connectivity index (χ1) is 16.2. The number of piperazine rings is 1. The molecule has 1 saturated heterocycles. The Morgan fingerprint density at radius 2 is 2.06 bits per heavy atom. The zero-order valence-corrected chi connectivity index (χ0v) is 19.3. The Morgan fingerprint density at radius 3 is 2.76 bits per heavy atom. The van der Waals surface area contributed by atoms with E-state index in [9.17, 15) is 18.0 Å². The summed E-state index contributed by atoms with van der Waals surface area (Å²) in [5.41, 5.74) is 3.23. The third-order valence-electron chi connectivity index (χ3n) is 6.37. The van der Waals surface area contributed by atoms with E-state index in [0.29, 0.717) is 43.9 Å². The minimum Gasteiger partial charge on any atom is -0.406 e. The number of nitrogens with one attached hydrogen (secondary N) is 1. The van der Waals surface area contributed by atoms with Gasteiger partial charge < -0.3 is 19.9 Å². The number of halogens is 3. The summed E-state index contributed by atoms with van der Waals surface area (Å²) in [6.45, 7) is 7.78. The van der Waals surface area contributed by atoms with Crippen LogP contribution in [0, 0.1) is 0 Å². The fraction of sp³-hybridized carbons (Fsp3) is 0.500. The molecule has 1 amide bonds. The van der Waals surface area contributed by atoms with Crippen molar-refractivity contribution in [2.75, 3.05) is 33.2 Å². The predicted molar refractivity (Wildman–Crippen MR) is 122 cm³/mol. The summed E-state index contributed by atoms with van der Waals surface area (Å²) in [6.07, 6.45) is -0.695. The number of ether oxygens (including phenoxy) is 1. The molecule has 1 fully saturated rings. The van der Waals surface area contributed by atoms with E-state index in [1.165, 1.54) is 12.1 Å². The summed E-state index contributed by atoms with van der Waals surface area (Å²) in [7, 11) is 2.05. The van der Waals surface area contributed by atoms with Gasteiger partial charge in [0.1, 0.15) is 5.75 Å². The predicted octanol–water partition coefficient (Wildman–Crippen LogP) is 3.00. The lowest BCUT2D eigenvalue weighted by molar-refractivity contribution is -0.274. The number of nitrogens with zero attached hydrogens (tertiary/aromatic N) is 4. The van der Waals surface area contributed by atoms with Crippen molar-refractivity contribution in [2.24, 2.45) is 0 Å². The van der Waals surface area contributed by atoms with Gasteiger partial charge in [-0.2, -0.15) is 5.10 Å². The Hall–Kier alpha value is -2.85. The van der Waals surface area contributed by atoms with Crippen molar-refractivity contribution in [3.8, 4) is 5.75 Å². The van der Waals surface area contributed by atoms with Gasteiger partial charge in [0.05, 0.1) is 6.54 Å². The third-order valence-corrected chi connectivity index (χ3v) is 6.37. The van der Waals surface area contributed by atoms with Gasteiger partial charge in [-0.1, -0.05) is 18.2 Å². The minimum absolute atomic E-state index is 0.0372. The third kappa shape index (κ3) is 5.79. The van der Waals surface area contributed by atoms with E-state index >= 15 is 0 Å². The van der Waals surface area contributed by atoms with Gasteiger partial charge in [-0.25, -0.2) is 0 Å². The summed E-state index contributed by atoms with van der Waals surface area (Å²) in [5.74, 6) is -0.270. The largest absolute Gasteiger partial charge is 0.573 e. The van der Waals surface area contributed by atoms with Gasteiger partial charge in [-0.3, -0.25) is 9.48 Å². The van der Waals surface area contributed by atoms with E-state index in [-0.39, 0.29) is 17.7 Å². The van der Waals surface area contributed by atoms with Crippen LogP contribution >= 0.6 is 0 Å². The van der Waals surface area contributed by atoms with Crippen LogP contribution in [0.2, 0.25) is 0 Å². The van der Waals surface area contributed by atoms with Crippen molar-refractivity contribution in [2.45, 2.75) is 44.8 Å². The molecule has 1 atom stereocenters. The van der Waals surface area contributed by atoms with Gasteiger partial charge in [0.2, 0.25) is 0 Å². The number of carbonyl (C=O) groups excluding carboxylic acids is 1. The lowest BCUT2D eigenvalue weighted by Crippen LogP contribution is -2.47. The number of carbonyl (C=O) groups is 1. The summed E-state index contributed by atoms with van der Waals surface area (Å²) in [6, 6.07) is 6.06. The van der Waals surface area contributed by atoms with E-state index in [0.717, 1.165) is 37.2 Å². The Balaban J connectivity index is 1.46. The van der Waals surface area contributed by atoms with Crippen LogP contribution in [0.15, 0.2) is 36.9 Å². The molecule has 1 N–H and O–H groups in total. The van der Waals surface area contributed by atoms with Gasteiger partial charge >= 0.3 is 6.36 Å². The highest BCUT2D eigenvalue weighted by molar-refractivity contribution is 5.94. The Bertz CT molecular complexity index is 1030. The molecular weight excluding hydrogens is 447 g/mol. The average molecular weight is 478 g/mol. The molecule has 2 heterocycles. The van der Waals surface area contributed by atoms with Crippen molar-refractivity contribution in [1.82, 2.24) is 24.9 Å². The van der Waals surface area contributed by atoms with Gasteiger partial charge in [0, 0.05) is 50.0 Å². The summed E-state index contributed by atoms with van der Waals surface area (Å²) >= 11 is 0. The molecular formula is C24H30F3N5O2. The smallest absolute Gasteiger partial charge is 0.406 e. The molecule has 7 nitrogen and oxygen atoms in total. The van der Waals surface area contributed by atoms with Gasteiger partial charge in [0.15, 0.2) is 5.69 Å². The zero-order chi connectivity index (χ0) is 24.3. The molecule has 4 rings (SSSR count). The highest BCUT2D eigenvalue weighted by Gasteiger charge is 2.32. The van der Waals surface area contributed by atoms with Crippen LogP contribution in [0.5, 0.6) is 5.75 Å². The number of benzene rings is 1. The first-order valence-corrected chi connectivity index (χ1v) is 11.5. The Kier molecular flexibility index (Phi) is 7.27. The summed E-state index contributed by atoms with van der Waals surface area (Å²) in [5, 5.41) is 8.10. The number of alkyl halides is 3. The second kappa shape index (κ2) is 10.2. The van der Waals surface area contributed by atoms with Crippen molar-refractivity contribution < 1.29 is 22.7 Å². The number of hydrogen-bond acceptors (Lipinski definition) is 5. The summed E-state index contributed by atoms with van der Waals surface area (Å²) < 4.78 is 43.5. The second-order valence-electron chi connectivity index (χ2n) is 8.86. The monoisotopic (exact) mass is 477 g/mol. The van der Waals surface area contributed by atoms with Crippen molar-refractivity contribution in [3.63, 3.8) is 0 Å². The maximum Gasteiger partial charge on any atom is 0.573 e. The molecule has 1 unspecified atom stereocenters. The van der Waals surface area contributed by atoms with Crippen LogP contribution in [0.3, 0.4) is 0 Å². The Morgan fingerprint density at radius 1 is 1.29 bits per heavy atom. The number of allylic oxidation sites excluding steroid dienone is 1. The van der Waals surface area contributed by atoms with E-state index in [4.69, 9.17) is 0 Å². The van der Waals surface area contributed by atoms with Crippen LogP contribution in [-0.4, -0.2) is 71.1 Å².